The molecule has 13 heteroatoms. The number of aryl methyl sites for hydroxylation is 2. The zero-order chi connectivity index (χ0) is 27.6. The fourth-order valence-corrected chi connectivity index (χ4v) is 3.73. The third-order valence-corrected chi connectivity index (χ3v) is 5.26. The van der Waals surface area contributed by atoms with Crippen molar-refractivity contribution < 1.29 is 36.4 Å². The van der Waals surface area contributed by atoms with Crippen LogP contribution < -0.4 is 10.1 Å². The molecule has 4 rings (SSSR count). The Morgan fingerprint density at radius 1 is 1.03 bits per heavy atom. The number of rotatable bonds is 9. The van der Waals surface area contributed by atoms with Gasteiger partial charge in [-0.25, -0.2) is 17.6 Å². The van der Waals surface area contributed by atoms with Crippen LogP contribution in [0.2, 0.25) is 0 Å². The van der Waals surface area contributed by atoms with Crippen molar-refractivity contribution in [3.63, 3.8) is 0 Å². The number of aromatic nitrogens is 2. The maximum absolute atomic E-state index is 13.2. The summed E-state index contributed by atoms with van der Waals surface area (Å²) in [5.74, 6) is -0.487. The molecule has 0 radical (unpaired) electrons. The molecule has 0 aliphatic rings. The molecule has 9 nitrogen and oxygen atoms in total. The van der Waals surface area contributed by atoms with E-state index in [9.17, 15) is 32.5 Å². The van der Waals surface area contributed by atoms with Crippen LogP contribution in [-0.4, -0.2) is 20.6 Å². The lowest BCUT2D eigenvalue weighted by molar-refractivity contribution is -0.384. The molecule has 4 aromatic rings. The molecule has 0 aliphatic heterocycles. The van der Waals surface area contributed by atoms with Crippen molar-refractivity contribution in [3.8, 4) is 11.5 Å². The lowest BCUT2D eigenvalue weighted by atomic mass is 10.1. The molecule has 2 aromatic heterocycles. The lowest BCUT2D eigenvalue weighted by Gasteiger charge is -2.10. The second kappa shape index (κ2) is 10.7. The van der Waals surface area contributed by atoms with Crippen LogP contribution in [0, 0.1) is 24.0 Å². The van der Waals surface area contributed by atoms with Gasteiger partial charge in [-0.2, -0.15) is 5.10 Å². The third-order valence-electron chi connectivity index (χ3n) is 5.26. The Morgan fingerprint density at radius 3 is 2.34 bits per heavy atom. The third kappa shape index (κ3) is 6.17. The van der Waals surface area contributed by atoms with E-state index >= 15 is 0 Å². The monoisotopic (exact) mass is 532 g/mol. The summed E-state index contributed by atoms with van der Waals surface area (Å²) in [6.45, 7) is 3.31. The summed E-state index contributed by atoms with van der Waals surface area (Å²) in [6.07, 6.45) is -6.09. The molecular formula is C25H20F4N4O5. The minimum atomic E-state index is -3.05. The maximum Gasteiger partial charge on any atom is 0.291 e. The number of carbonyl (C=O) groups is 1. The van der Waals surface area contributed by atoms with Crippen LogP contribution in [0.5, 0.6) is 11.5 Å². The zero-order valence-electron chi connectivity index (χ0n) is 20.0. The van der Waals surface area contributed by atoms with Gasteiger partial charge in [-0.05, 0) is 55.3 Å². The first-order valence-electron chi connectivity index (χ1n) is 11.1. The number of ether oxygens (including phenoxy) is 1. The molecule has 2 aromatic carbocycles. The highest BCUT2D eigenvalue weighted by Gasteiger charge is 2.22. The summed E-state index contributed by atoms with van der Waals surface area (Å²) < 4.78 is 64.1. The number of carbonyl (C=O) groups excluding carboxylic acids is 1. The van der Waals surface area contributed by atoms with Crippen LogP contribution >= 0.6 is 0 Å². The van der Waals surface area contributed by atoms with Gasteiger partial charge in [0.05, 0.1) is 23.2 Å². The standard InChI is InChI=1S/C25H20F4N4O5/c1-13-5-14(2)7-18(6-13)37-19-9-15(8-16(10-19)33(35)36)30-25(34)22-4-3-17(38-22)12-32-21(24(28)29)11-20(31-32)23(26)27/h3-11,23-24H,12H2,1-2H3,(H,30,34). The van der Waals surface area contributed by atoms with Gasteiger partial charge < -0.3 is 14.5 Å². The van der Waals surface area contributed by atoms with E-state index in [0.717, 1.165) is 17.2 Å². The van der Waals surface area contributed by atoms with Crippen molar-refractivity contribution in [2.45, 2.75) is 33.2 Å². The number of alkyl halides is 4. The van der Waals surface area contributed by atoms with Crippen LogP contribution in [0.4, 0.5) is 28.9 Å². The van der Waals surface area contributed by atoms with E-state index in [1.54, 1.807) is 12.1 Å². The Balaban J connectivity index is 1.53. The van der Waals surface area contributed by atoms with Gasteiger partial charge in [0.1, 0.15) is 28.6 Å². The fraction of sp³-hybridized carbons (Fsp3) is 0.200. The number of halogens is 4. The highest BCUT2D eigenvalue weighted by atomic mass is 19.3. The Labute approximate surface area is 212 Å². The van der Waals surface area contributed by atoms with E-state index in [1.165, 1.54) is 24.3 Å². The summed E-state index contributed by atoms with van der Waals surface area (Å²) in [5, 5.41) is 17.4. The molecule has 1 N–H and O–H groups in total. The first kappa shape index (κ1) is 26.4. The maximum atomic E-state index is 13.2. The van der Waals surface area contributed by atoms with Gasteiger partial charge in [-0.1, -0.05) is 6.07 Å². The average Bonchev–Trinajstić information content (AvgIpc) is 3.46. The van der Waals surface area contributed by atoms with Crippen molar-refractivity contribution in [2.75, 3.05) is 5.32 Å². The van der Waals surface area contributed by atoms with Gasteiger partial charge in [-0.3, -0.25) is 19.6 Å². The number of hydrogen-bond donors (Lipinski definition) is 1. The molecule has 0 atom stereocenters. The van der Waals surface area contributed by atoms with Crippen LogP contribution in [0.15, 0.2) is 59.0 Å². The normalized spacial score (nSPS) is 11.3. The van der Waals surface area contributed by atoms with Crippen LogP contribution in [0.1, 0.15) is 51.7 Å². The predicted molar refractivity (Wildman–Crippen MR) is 127 cm³/mol. The number of nitrogens with zero attached hydrogens (tertiary/aromatic N) is 3. The molecule has 1 amide bonds. The van der Waals surface area contributed by atoms with E-state index in [0.29, 0.717) is 16.5 Å². The zero-order valence-corrected chi connectivity index (χ0v) is 20.0. The summed E-state index contributed by atoms with van der Waals surface area (Å²) in [4.78, 5) is 23.5. The fourth-order valence-electron chi connectivity index (χ4n) is 3.73. The van der Waals surface area contributed by atoms with E-state index in [1.807, 2.05) is 19.9 Å². The number of non-ortho nitro benzene ring substituents is 1. The number of furan rings is 1. The number of nitrogens with one attached hydrogen (secondary N) is 1. The second-order valence-corrected chi connectivity index (χ2v) is 8.37. The summed E-state index contributed by atoms with van der Waals surface area (Å²) in [5.41, 5.74) is 0.0121. The van der Waals surface area contributed by atoms with Crippen LogP contribution in [0.3, 0.4) is 0 Å². The van der Waals surface area contributed by atoms with Crippen molar-refractivity contribution in [1.82, 2.24) is 9.78 Å². The molecule has 38 heavy (non-hydrogen) atoms. The number of anilines is 1. The number of nitro benzene ring substituents is 1. The van der Waals surface area contributed by atoms with E-state index in [-0.39, 0.29) is 28.6 Å². The van der Waals surface area contributed by atoms with E-state index in [2.05, 4.69) is 10.4 Å². The van der Waals surface area contributed by atoms with Gasteiger partial charge in [0, 0.05) is 12.1 Å². The number of amides is 1. The molecule has 0 saturated heterocycles. The van der Waals surface area contributed by atoms with Gasteiger partial charge in [-0.15, -0.1) is 0 Å². The molecule has 0 aliphatic carbocycles. The Morgan fingerprint density at radius 2 is 1.71 bits per heavy atom. The topological polar surface area (TPSA) is 112 Å². The minimum Gasteiger partial charge on any atom is -0.457 e. The summed E-state index contributed by atoms with van der Waals surface area (Å²) in [6, 6.07) is 12.3. The molecule has 0 spiro atoms. The van der Waals surface area contributed by atoms with Gasteiger partial charge in [0.2, 0.25) is 0 Å². The van der Waals surface area contributed by atoms with Gasteiger partial charge in [0.15, 0.2) is 5.76 Å². The molecule has 0 unspecified atom stereocenters. The Hall–Kier alpha value is -4.68. The largest absolute Gasteiger partial charge is 0.457 e. The van der Waals surface area contributed by atoms with Gasteiger partial charge >= 0.3 is 0 Å². The molecule has 0 saturated carbocycles. The minimum absolute atomic E-state index is 0.00107. The number of benzene rings is 2. The summed E-state index contributed by atoms with van der Waals surface area (Å²) >= 11 is 0. The highest BCUT2D eigenvalue weighted by molar-refractivity contribution is 6.02. The number of nitro groups is 1. The molecule has 2 heterocycles. The van der Waals surface area contributed by atoms with Crippen LogP contribution in [0.25, 0.3) is 0 Å². The molecule has 0 bridgehead atoms. The van der Waals surface area contributed by atoms with Crippen LogP contribution in [-0.2, 0) is 6.54 Å². The highest BCUT2D eigenvalue weighted by Crippen LogP contribution is 2.31. The van der Waals surface area contributed by atoms with Crippen molar-refractivity contribution >= 4 is 17.3 Å². The average molecular weight is 532 g/mol. The first-order valence-corrected chi connectivity index (χ1v) is 11.1. The first-order chi connectivity index (χ1) is 18.0. The molecular weight excluding hydrogens is 512 g/mol. The van der Waals surface area contributed by atoms with Gasteiger partial charge in [0.25, 0.3) is 24.4 Å². The van der Waals surface area contributed by atoms with Crippen molar-refractivity contribution in [1.29, 1.82) is 0 Å². The smallest absolute Gasteiger partial charge is 0.291 e. The molecule has 198 valence electrons. The molecule has 0 fully saturated rings. The van der Waals surface area contributed by atoms with E-state index < -0.39 is 41.6 Å². The summed E-state index contributed by atoms with van der Waals surface area (Å²) in [7, 11) is 0. The predicted octanol–water partition coefficient (Wildman–Crippen LogP) is 6.97. The SMILES string of the molecule is Cc1cc(C)cc(Oc2cc(NC(=O)c3ccc(Cn4nc(C(F)F)cc4C(F)F)o3)cc([N+](=O)[O-])c2)c1. The van der Waals surface area contributed by atoms with Crippen molar-refractivity contribution in [2.24, 2.45) is 0 Å². The van der Waals surface area contributed by atoms with Crippen molar-refractivity contribution in [3.05, 3.63) is 98.7 Å². The van der Waals surface area contributed by atoms with E-state index in [4.69, 9.17) is 9.15 Å². The Kier molecular flexibility index (Phi) is 7.46. The number of hydrogen-bond acceptors (Lipinski definition) is 6. The second-order valence-electron chi connectivity index (χ2n) is 8.37. The Bertz CT molecular complexity index is 1480. The quantitative estimate of drug-likeness (QED) is 0.142. The lowest BCUT2D eigenvalue weighted by Crippen LogP contribution is -2.11.